The van der Waals surface area contributed by atoms with Crippen molar-refractivity contribution in [3.05, 3.63) is 53.6 Å². The first-order valence-electron chi connectivity index (χ1n) is 11.9. The fourth-order valence-electron chi connectivity index (χ4n) is 4.13. The molecule has 0 bridgehead atoms. The number of nitrogens with zero attached hydrogens (tertiary/aromatic N) is 1. The Kier molecular flexibility index (Phi) is 8.30. The predicted octanol–water partition coefficient (Wildman–Crippen LogP) is 7.15. The van der Waals surface area contributed by atoms with Gasteiger partial charge in [0.1, 0.15) is 0 Å². The van der Waals surface area contributed by atoms with E-state index in [2.05, 4.69) is 10.1 Å². The highest BCUT2D eigenvalue weighted by Gasteiger charge is 2.51. The van der Waals surface area contributed by atoms with Gasteiger partial charge in [-0.3, -0.25) is 9.62 Å². The third-order valence-electron chi connectivity index (χ3n) is 6.32. The largest absolute Gasteiger partial charge is 0.434 e. The summed E-state index contributed by atoms with van der Waals surface area (Å²) in [7, 11) is -4.49. The topological polar surface area (TPSA) is 75.7 Å². The van der Waals surface area contributed by atoms with E-state index in [1.807, 2.05) is 6.92 Å². The van der Waals surface area contributed by atoms with Crippen molar-refractivity contribution in [2.45, 2.75) is 69.3 Å². The smallest absolute Gasteiger partial charge is 0.427 e. The van der Waals surface area contributed by atoms with E-state index in [0.29, 0.717) is 44.7 Å². The van der Waals surface area contributed by atoms with Gasteiger partial charge < -0.3 is 4.74 Å². The molecule has 0 saturated carbocycles. The van der Waals surface area contributed by atoms with E-state index < -0.39 is 44.5 Å². The molecule has 6 nitrogen and oxygen atoms in total. The number of amides is 1. The van der Waals surface area contributed by atoms with Gasteiger partial charge in [0.15, 0.2) is 0 Å². The zero-order chi connectivity index (χ0) is 28.5. The second kappa shape index (κ2) is 10.7. The summed E-state index contributed by atoms with van der Waals surface area (Å²) in [6, 6.07) is 7.62. The molecule has 1 heterocycles. The zero-order valence-corrected chi connectivity index (χ0v) is 21.7. The van der Waals surface area contributed by atoms with Crippen molar-refractivity contribution in [3.63, 3.8) is 0 Å². The number of fused-ring (bicyclic) bond motifs is 1. The third-order valence-corrected chi connectivity index (χ3v) is 8.10. The minimum absolute atomic E-state index is 0.0194. The number of anilines is 2. The van der Waals surface area contributed by atoms with Crippen molar-refractivity contribution >= 4 is 27.5 Å². The summed E-state index contributed by atoms with van der Waals surface area (Å²) in [5.41, 5.74) is -3.26. The second-order valence-electron chi connectivity index (χ2n) is 9.62. The molecule has 1 atom stereocenters. The van der Waals surface area contributed by atoms with Crippen LogP contribution in [-0.2, 0) is 27.4 Å². The monoisotopic (exact) mass is 566 g/mol. The lowest BCUT2D eigenvalue weighted by Crippen LogP contribution is -2.44. The molecule has 1 amide bonds. The number of carbonyl (C=O) groups excluding carboxylic acids is 1. The van der Waals surface area contributed by atoms with Crippen LogP contribution in [0.15, 0.2) is 47.4 Å². The lowest BCUT2D eigenvalue weighted by molar-refractivity contribution is -0.242. The summed E-state index contributed by atoms with van der Waals surface area (Å²) in [5.74, 6) is -0.0954. The van der Waals surface area contributed by atoms with Gasteiger partial charge in [0.05, 0.1) is 16.1 Å². The van der Waals surface area contributed by atoms with Crippen molar-refractivity contribution in [1.29, 1.82) is 0 Å². The number of halogens is 6. The van der Waals surface area contributed by atoms with Crippen LogP contribution < -0.4 is 9.62 Å². The van der Waals surface area contributed by atoms with Gasteiger partial charge in [-0.2, -0.15) is 26.3 Å². The Morgan fingerprint density at radius 3 is 2.37 bits per heavy atom. The number of aryl methyl sites for hydroxylation is 1. The summed E-state index contributed by atoms with van der Waals surface area (Å²) in [4.78, 5) is 11.7. The SMILES string of the molecule is CCC[C@@H]1CCc2ccc(NC(=O)OC(C)(C)C(F)(F)F)cc2N(S(=O)(=O)c2cccc(C(F)(F)F)c2)C1. The maximum absolute atomic E-state index is 13.7. The van der Waals surface area contributed by atoms with Gasteiger partial charge in [0.25, 0.3) is 10.0 Å². The molecule has 210 valence electrons. The number of sulfonamides is 1. The highest BCUT2D eigenvalue weighted by molar-refractivity contribution is 7.92. The van der Waals surface area contributed by atoms with Gasteiger partial charge in [-0.25, -0.2) is 13.2 Å². The molecule has 38 heavy (non-hydrogen) atoms. The van der Waals surface area contributed by atoms with Crippen molar-refractivity contribution < 1.29 is 44.3 Å². The van der Waals surface area contributed by atoms with Gasteiger partial charge in [-0.1, -0.05) is 25.5 Å². The molecule has 1 N–H and O–H groups in total. The van der Waals surface area contributed by atoms with Crippen LogP contribution in [0.4, 0.5) is 42.5 Å². The fraction of sp³-hybridized carbons (Fsp3) is 0.480. The van der Waals surface area contributed by atoms with E-state index in [0.717, 1.165) is 28.9 Å². The zero-order valence-electron chi connectivity index (χ0n) is 20.9. The quantitative estimate of drug-likeness (QED) is 0.377. The standard InChI is InChI=1S/C25H28F6N2O4S/c1-4-6-16-9-10-17-11-12-19(32-22(34)37-23(2,3)25(29,30)31)14-21(17)33(15-16)38(35,36)20-8-5-7-18(13-20)24(26,27)28/h5,7-8,11-14,16H,4,6,9-10,15H2,1-3H3,(H,32,34)/t16-/m1/s1. The number of hydrogen-bond acceptors (Lipinski definition) is 4. The molecule has 0 fully saturated rings. The fourth-order valence-corrected chi connectivity index (χ4v) is 5.75. The summed E-state index contributed by atoms with van der Waals surface area (Å²) >= 11 is 0. The maximum Gasteiger partial charge on any atom is 0.427 e. The van der Waals surface area contributed by atoms with Gasteiger partial charge in [-0.15, -0.1) is 0 Å². The van der Waals surface area contributed by atoms with Crippen LogP contribution >= 0.6 is 0 Å². The van der Waals surface area contributed by atoms with E-state index in [1.165, 1.54) is 18.2 Å². The maximum atomic E-state index is 13.7. The first kappa shape index (κ1) is 29.6. The van der Waals surface area contributed by atoms with Crippen molar-refractivity contribution in [3.8, 4) is 0 Å². The Balaban J connectivity index is 2.02. The number of hydrogen-bond donors (Lipinski definition) is 1. The van der Waals surface area contributed by atoms with Gasteiger partial charge in [0, 0.05) is 12.2 Å². The van der Waals surface area contributed by atoms with Crippen molar-refractivity contribution in [1.82, 2.24) is 0 Å². The lowest BCUT2D eigenvalue weighted by Gasteiger charge is -2.29. The normalized spacial score (nSPS) is 17.0. The van der Waals surface area contributed by atoms with E-state index in [9.17, 15) is 39.6 Å². The van der Waals surface area contributed by atoms with Crippen LogP contribution in [0.1, 0.15) is 51.2 Å². The number of ether oxygens (including phenoxy) is 1. The number of benzene rings is 2. The predicted molar refractivity (Wildman–Crippen MR) is 129 cm³/mol. The molecular weight excluding hydrogens is 538 g/mol. The lowest BCUT2D eigenvalue weighted by atomic mass is 9.97. The van der Waals surface area contributed by atoms with E-state index in [-0.39, 0.29) is 23.8 Å². The molecule has 2 aromatic carbocycles. The molecular formula is C25H28F6N2O4S. The van der Waals surface area contributed by atoms with Crippen LogP contribution in [0.2, 0.25) is 0 Å². The Morgan fingerprint density at radius 2 is 1.76 bits per heavy atom. The minimum Gasteiger partial charge on any atom is -0.434 e. The summed E-state index contributed by atoms with van der Waals surface area (Å²) in [5, 5.41) is 2.19. The van der Waals surface area contributed by atoms with Crippen LogP contribution in [0.5, 0.6) is 0 Å². The van der Waals surface area contributed by atoms with E-state index in [4.69, 9.17) is 0 Å². The first-order chi connectivity index (χ1) is 17.5. The molecule has 0 unspecified atom stereocenters. The number of rotatable bonds is 6. The highest BCUT2D eigenvalue weighted by atomic mass is 32.2. The molecule has 0 saturated heterocycles. The Hall–Kier alpha value is -2.96. The number of nitrogens with one attached hydrogen (secondary N) is 1. The highest BCUT2D eigenvalue weighted by Crippen LogP contribution is 2.38. The van der Waals surface area contributed by atoms with Crippen molar-refractivity contribution in [2.24, 2.45) is 5.92 Å². The van der Waals surface area contributed by atoms with Crippen LogP contribution in [0.3, 0.4) is 0 Å². The van der Waals surface area contributed by atoms with Crippen LogP contribution in [0, 0.1) is 5.92 Å². The van der Waals surface area contributed by atoms with Crippen LogP contribution in [-0.4, -0.2) is 32.8 Å². The second-order valence-corrected chi connectivity index (χ2v) is 11.5. The minimum atomic E-state index is -4.83. The molecule has 0 aromatic heterocycles. The Morgan fingerprint density at radius 1 is 1.08 bits per heavy atom. The molecule has 13 heteroatoms. The summed E-state index contributed by atoms with van der Waals surface area (Å²) < 4.78 is 112. The first-order valence-corrected chi connectivity index (χ1v) is 13.3. The van der Waals surface area contributed by atoms with E-state index >= 15 is 0 Å². The van der Waals surface area contributed by atoms with Gasteiger partial charge in [0.2, 0.25) is 5.60 Å². The number of alkyl halides is 6. The number of carbonyl (C=O) groups is 1. The molecule has 0 spiro atoms. The van der Waals surface area contributed by atoms with Crippen molar-refractivity contribution in [2.75, 3.05) is 16.2 Å². The molecule has 2 aromatic rings. The summed E-state index contributed by atoms with van der Waals surface area (Å²) in [6.07, 6.45) is -8.49. The molecule has 0 radical (unpaired) electrons. The Bertz CT molecular complexity index is 1280. The average Bonchev–Trinajstić information content (AvgIpc) is 2.97. The van der Waals surface area contributed by atoms with Crippen LogP contribution in [0.25, 0.3) is 0 Å². The summed E-state index contributed by atoms with van der Waals surface area (Å²) in [6.45, 7) is 3.27. The molecule has 0 aliphatic carbocycles. The third kappa shape index (κ3) is 6.54. The van der Waals surface area contributed by atoms with Gasteiger partial charge in [-0.05, 0) is 74.9 Å². The molecule has 1 aliphatic heterocycles. The Labute approximate surface area is 217 Å². The average molecular weight is 567 g/mol. The molecule has 3 rings (SSSR count). The van der Waals surface area contributed by atoms with Gasteiger partial charge >= 0.3 is 18.4 Å². The van der Waals surface area contributed by atoms with E-state index in [1.54, 1.807) is 0 Å². The molecule has 1 aliphatic rings.